The van der Waals surface area contributed by atoms with Gasteiger partial charge in [-0.2, -0.15) is 0 Å². The molecule has 17 heavy (non-hydrogen) atoms. The first-order chi connectivity index (χ1) is 8.20. The number of hydrogen-bond acceptors (Lipinski definition) is 5. The lowest BCUT2D eigenvalue weighted by molar-refractivity contribution is 0.0216. The van der Waals surface area contributed by atoms with E-state index in [9.17, 15) is 0 Å². The average molecular weight is 255 g/mol. The Morgan fingerprint density at radius 1 is 1.53 bits per heavy atom. The van der Waals surface area contributed by atoms with Gasteiger partial charge in [0.2, 0.25) is 0 Å². The largest absolute Gasteiger partial charge is 0.376 e. The van der Waals surface area contributed by atoms with Crippen LogP contribution in [0.4, 0.5) is 5.13 Å². The number of nitrogens with zero attached hydrogens (tertiary/aromatic N) is 2. The molecule has 0 aromatic carbocycles. The zero-order valence-electron chi connectivity index (χ0n) is 10.6. The fourth-order valence-corrected chi connectivity index (χ4v) is 3.01. The molecule has 1 unspecified atom stereocenters. The highest BCUT2D eigenvalue weighted by atomic mass is 32.1. The van der Waals surface area contributed by atoms with Gasteiger partial charge in [-0.05, 0) is 26.2 Å². The summed E-state index contributed by atoms with van der Waals surface area (Å²) in [5.74, 6) is 0. The molecule has 1 aromatic rings. The molecule has 1 fully saturated rings. The number of nitrogens with two attached hydrogens (primary N) is 1. The maximum absolute atomic E-state index is 5.74. The quantitative estimate of drug-likeness (QED) is 0.893. The Balaban J connectivity index is 1.95. The van der Waals surface area contributed by atoms with Crippen LogP contribution < -0.4 is 10.6 Å². The van der Waals surface area contributed by atoms with Gasteiger partial charge in [0.25, 0.3) is 0 Å². The standard InChI is InChI=1S/C12H21N3OS/c1-9-11(7-13)17-12(14-9)15(2)8-10-5-3-4-6-16-10/h10H,3-8,13H2,1-2H3. The SMILES string of the molecule is Cc1nc(N(C)CC2CCCCO2)sc1CN. The Morgan fingerprint density at radius 3 is 2.94 bits per heavy atom. The van der Waals surface area contributed by atoms with Crippen molar-refractivity contribution in [1.82, 2.24) is 4.98 Å². The Kier molecular flexibility index (Phi) is 4.36. The van der Waals surface area contributed by atoms with Crippen LogP contribution in [0.15, 0.2) is 0 Å². The molecular formula is C12H21N3OS. The number of aryl methyl sites for hydroxylation is 1. The summed E-state index contributed by atoms with van der Waals surface area (Å²) in [7, 11) is 2.08. The van der Waals surface area contributed by atoms with Gasteiger partial charge in [0, 0.05) is 31.6 Å². The molecule has 4 nitrogen and oxygen atoms in total. The van der Waals surface area contributed by atoms with Crippen LogP contribution in [0.5, 0.6) is 0 Å². The molecule has 0 radical (unpaired) electrons. The maximum atomic E-state index is 5.74. The highest BCUT2D eigenvalue weighted by Crippen LogP contribution is 2.25. The highest BCUT2D eigenvalue weighted by molar-refractivity contribution is 7.15. The number of aromatic nitrogens is 1. The first-order valence-corrected chi connectivity index (χ1v) is 7.01. The van der Waals surface area contributed by atoms with Crippen LogP contribution in [-0.2, 0) is 11.3 Å². The van der Waals surface area contributed by atoms with E-state index in [0.29, 0.717) is 12.6 Å². The monoisotopic (exact) mass is 255 g/mol. The second-order valence-corrected chi connectivity index (χ2v) is 5.64. The van der Waals surface area contributed by atoms with E-state index in [4.69, 9.17) is 10.5 Å². The van der Waals surface area contributed by atoms with Gasteiger partial charge in [0.1, 0.15) is 0 Å². The summed E-state index contributed by atoms with van der Waals surface area (Å²) in [5, 5.41) is 1.05. The molecular weight excluding hydrogens is 234 g/mol. The molecule has 0 saturated carbocycles. The zero-order valence-corrected chi connectivity index (χ0v) is 11.4. The van der Waals surface area contributed by atoms with E-state index in [1.165, 1.54) is 24.1 Å². The number of rotatable bonds is 4. The van der Waals surface area contributed by atoms with Crippen LogP contribution in [0.25, 0.3) is 0 Å². The van der Waals surface area contributed by atoms with Gasteiger partial charge in [-0.1, -0.05) is 0 Å². The van der Waals surface area contributed by atoms with Crippen molar-refractivity contribution >= 4 is 16.5 Å². The van der Waals surface area contributed by atoms with Crippen molar-refractivity contribution < 1.29 is 4.74 Å². The molecule has 96 valence electrons. The van der Waals surface area contributed by atoms with E-state index in [1.54, 1.807) is 11.3 Å². The third kappa shape index (κ3) is 3.18. The second-order valence-electron chi connectivity index (χ2n) is 4.58. The van der Waals surface area contributed by atoms with E-state index in [0.717, 1.165) is 24.0 Å². The number of hydrogen-bond donors (Lipinski definition) is 1. The highest BCUT2D eigenvalue weighted by Gasteiger charge is 2.18. The predicted octanol–water partition coefficient (Wildman–Crippen LogP) is 1.92. The van der Waals surface area contributed by atoms with Crippen LogP contribution in [-0.4, -0.2) is 31.3 Å². The first kappa shape index (κ1) is 12.8. The lowest BCUT2D eigenvalue weighted by atomic mass is 10.1. The van der Waals surface area contributed by atoms with E-state index in [1.807, 2.05) is 6.92 Å². The number of thiazole rings is 1. The molecule has 2 heterocycles. The van der Waals surface area contributed by atoms with Gasteiger partial charge >= 0.3 is 0 Å². The minimum Gasteiger partial charge on any atom is -0.376 e. The van der Waals surface area contributed by atoms with E-state index < -0.39 is 0 Å². The van der Waals surface area contributed by atoms with Crippen molar-refractivity contribution in [2.24, 2.45) is 5.73 Å². The van der Waals surface area contributed by atoms with E-state index in [2.05, 4.69) is 16.9 Å². The van der Waals surface area contributed by atoms with E-state index >= 15 is 0 Å². The van der Waals surface area contributed by atoms with Crippen molar-refractivity contribution in [3.05, 3.63) is 10.6 Å². The lowest BCUT2D eigenvalue weighted by Gasteiger charge is -2.27. The molecule has 1 aromatic heterocycles. The summed E-state index contributed by atoms with van der Waals surface area (Å²) in [6.07, 6.45) is 4.01. The van der Waals surface area contributed by atoms with Crippen molar-refractivity contribution in [1.29, 1.82) is 0 Å². The topological polar surface area (TPSA) is 51.4 Å². The zero-order chi connectivity index (χ0) is 12.3. The van der Waals surface area contributed by atoms with E-state index in [-0.39, 0.29) is 0 Å². The number of ether oxygens (including phenoxy) is 1. The van der Waals surface area contributed by atoms with Gasteiger partial charge in [-0.25, -0.2) is 4.98 Å². The Morgan fingerprint density at radius 2 is 2.35 bits per heavy atom. The van der Waals surface area contributed by atoms with Crippen molar-refractivity contribution in [3.63, 3.8) is 0 Å². The fraction of sp³-hybridized carbons (Fsp3) is 0.750. The fourth-order valence-electron chi connectivity index (χ4n) is 2.10. The molecule has 0 amide bonds. The molecule has 1 aliphatic heterocycles. The predicted molar refractivity (Wildman–Crippen MR) is 71.6 cm³/mol. The summed E-state index contributed by atoms with van der Waals surface area (Å²) in [6, 6.07) is 0. The van der Waals surface area contributed by atoms with Crippen LogP contribution in [0.2, 0.25) is 0 Å². The number of anilines is 1. The summed E-state index contributed by atoms with van der Waals surface area (Å²) in [4.78, 5) is 7.92. The van der Waals surface area contributed by atoms with Crippen molar-refractivity contribution in [2.45, 2.75) is 38.8 Å². The lowest BCUT2D eigenvalue weighted by Crippen LogP contribution is -2.33. The molecule has 1 atom stereocenters. The van der Waals surface area contributed by atoms with Gasteiger partial charge < -0.3 is 15.4 Å². The number of likely N-dealkylation sites (N-methyl/N-ethyl adjacent to an activating group) is 1. The van der Waals surface area contributed by atoms with Crippen LogP contribution in [0.3, 0.4) is 0 Å². The third-order valence-electron chi connectivity index (χ3n) is 3.14. The minimum atomic E-state index is 0.360. The van der Waals surface area contributed by atoms with Crippen LogP contribution >= 0.6 is 11.3 Å². The normalized spacial score (nSPS) is 20.5. The average Bonchev–Trinajstić information content (AvgIpc) is 2.72. The van der Waals surface area contributed by atoms with Gasteiger partial charge in [0.05, 0.1) is 11.8 Å². The summed E-state index contributed by atoms with van der Waals surface area (Å²) >= 11 is 1.69. The van der Waals surface area contributed by atoms with Crippen molar-refractivity contribution in [3.8, 4) is 0 Å². The molecule has 0 bridgehead atoms. The van der Waals surface area contributed by atoms with Crippen molar-refractivity contribution in [2.75, 3.05) is 25.1 Å². The van der Waals surface area contributed by atoms with Crippen LogP contribution in [0, 0.1) is 6.92 Å². The van der Waals surface area contributed by atoms with Gasteiger partial charge in [0.15, 0.2) is 5.13 Å². The second kappa shape index (κ2) is 5.80. The Hall–Kier alpha value is -0.650. The molecule has 5 heteroatoms. The smallest absolute Gasteiger partial charge is 0.185 e. The first-order valence-electron chi connectivity index (χ1n) is 6.20. The molecule has 2 rings (SSSR count). The summed E-state index contributed by atoms with van der Waals surface area (Å²) in [5.41, 5.74) is 6.73. The van der Waals surface area contributed by atoms with Crippen LogP contribution in [0.1, 0.15) is 29.8 Å². The minimum absolute atomic E-state index is 0.360. The molecule has 0 aliphatic carbocycles. The summed E-state index contributed by atoms with van der Waals surface area (Å²) in [6.45, 7) is 4.44. The molecule has 1 aliphatic rings. The Labute approximate surface area is 107 Å². The van der Waals surface area contributed by atoms with Gasteiger partial charge in [-0.3, -0.25) is 0 Å². The van der Waals surface area contributed by atoms with Gasteiger partial charge in [-0.15, -0.1) is 11.3 Å². The summed E-state index contributed by atoms with van der Waals surface area (Å²) < 4.78 is 5.74. The Bertz CT molecular complexity index is 361. The molecule has 2 N–H and O–H groups in total. The molecule has 0 spiro atoms. The molecule has 1 saturated heterocycles. The maximum Gasteiger partial charge on any atom is 0.185 e. The third-order valence-corrected chi connectivity index (χ3v) is 4.44.